The fourth-order valence-corrected chi connectivity index (χ4v) is 3.58. The zero-order valence-electron chi connectivity index (χ0n) is 16.9. The van der Waals surface area contributed by atoms with Crippen molar-refractivity contribution in [1.82, 2.24) is 9.97 Å². The predicted octanol–water partition coefficient (Wildman–Crippen LogP) is 5.88. The molecular formula is C27H21FN3+. The summed E-state index contributed by atoms with van der Waals surface area (Å²) in [6.07, 6.45) is 8.24. The molecule has 0 saturated carbocycles. The fourth-order valence-electron chi connectivity index (χ4n) is 3.58. The number of imidazole rings is 1. The van der Waals surface area contributed by atoms with Crippen molar-refractivity contribution in [3.05, 3.63) is 120 Å². The Kier molecular flexibility index (Phi) is 5.11. The number of hydrogen-bond acceptors (Lipinski definition) is 1. The number of aromatic nitrogens is 3. The lowest BCUT2D eigenvalue weighted by Crippen LogP contribution is -2.33. The van der Waals surface area contributed by atoms with E-state index in [2.05, 4.69) is 63.1 Å². The molecule has 2 heterocycles. The maximum Gasteiger partial charge on any atom is 0.195 e. The van der Waals surface area contributed by atoms with Crippen LogP contribution in [0.25, 0.3) is 34.6 Å². The molecule has 0 fully saturated rings. The highest BCUT2D eigenvalue weighted by molar-refractivity contribution is 5.77. The van der Waals surface area contributed by atoms with E-state index in [1.165, 1.54) is 17.2 Å². The highest BCUT2D eigenvalue weighted by Gasteiger charge is 2.12. The van der Waals surface area contributed by atoms with Gasteiger partial charge in [-0.1, -0.05) is 78.9 Å². The van der Waals surface area contributed by atoms with Gasteiger partial charge in [0.1, 0.15) is 22.7 Å². The number of nitrogens with zero attached hydrogens (tertiary/aromatic N) is 2. The van der Waals surface area contributed by atoms with Crippen LogP contribution in [0.1, 0.15) is 16.7 Å². The van der Waals surface area contributed by atoms with Gasteiger partial charge in [-0.2, -0.15) is 4.57 Å². The summed E-state index contributed by atoms with van der Waals surface area (Å²) in [7, 11) is 0. The third kappa shape index (κ3) is 4.28. The summed E-state index contributed by atoms with van der Waals surface area (Å²) in [5.74, 6) is 0.260. The summed E-state index contributed by atoms with van der Waals surface area (Å²) in [6, 6.07) is 27.4. The monoisotopic (exact) mass is 406 g/mol. The molecule has 0 spiro atoms. The molecule has 0 aliphatic carbocycles. The lowest BCUT2D eigenvalue weighted by molar-refractivity contribution is -0.687. The van der Waals surface area contributed by atoms with Crippen molar-refractivity contribution >= 4 is 23.2 Å². The molecule has 1 N–H and O–H groups in total. The standard InChI is InChI=1S/C27H20FN3/c28-24-9-5-4-8-23(24)27-29-25-16-17-31(19-26(25)30-27)18-22-14-12-21(13-15-22)11-10-20-6-2-1-3-7-20/h1-17,19H,18H2/p+1. The van der Waals surface area contributed by atoms with Gasteiger partial charge < -0.3 is 4.98 Å². The van der Waals surface area contributed by atoms with E-state index in [0.717, 1.165) is 23.1 Å². The second-order valence-electron chi connectivity index (χ2n) is 7.47. The predicted molar refractivity (Wildman–Crippen MR) is 123 cm³/mol. The van der Waals surface area contributed by atoms with Crippen LogP contribution in [0.4, 0.5) is 4.39 Å². The number of pyridine rings is 1. The third-order valence-corrected chi connectivity index (χ3v) is 5.22. The van der Waals surface area contributed by atoms with Gasteiger partial charge in [-0.3, -0.25) is 0 Å². The van der Waals surface area contributed by atoms with Crippen LogP contribution in [0.15, 0.2) is 97.3 Å². The summed E-state index contributed by atoms with van der Waals surface area (Å²) < 4.78 is 16.2. The highest BCUT2D eigenvalue weighted by Crippen LogP contribution is 2.22. The van der Waals surface area contributed by atoms with Crippen molar-refractivity contribution < 1.29 is 8.96 Å². The van der Waals surface area contributed by atoms with Gasteiger partial charge in [0.25, 0.3) is 0 Å². The molecule has 0 bridgehead atoms. The maximum absolute atomic E-state index is 14.1. The molecule has 3 aromatic carbocycles. The van der Waals surface area contributed by atoms with Gasteiger partial charge in [0.15, 0.2) is 18.9 Å². The number of fused-ring (bicyclic) bond motifs is 1. The van der Waals surface area contributed by atoms with Crippen molar-refractivity contribution in [2.75, 3.05) is 0 Å². The Balaban J connectivity index is 1.33. The van der Waals surface area contributed by atoms with Gasteiger partial charge in [0.2, 0.25) is 0 Å². The Morgan fingerprint density at radius 1 is 0.806 bits per heavy atom. The van der Waals surface area contributed by atoms with E-state index in [4.69, 9.17) is 0 Å². The number of benzene rings is 3. The molecule has 0 aliphatic heterocycles. The zero-order chi connectivity index (χ0) is 21.0. The second-order valence-corrected chi connectivity index (χ2v) is 7.47. The van der Waals surface area contributed by atoms with Crippen LogP contribution in [-0.4, -0.2) is 9.97 Å². The number of rotatable bonds is 5. The zero-order valence-corrected chi connectivity index (χ0v) is 16.9. The quantitative estimate of drug-likeness (QED) is 0.287. The molecule has 2 aromatic heterocycles. The molecule has 0 atom stereocenters. The normalized spacial score (nSPS) is 11.4. The van der Waals surface area contributed by atoms with Crippen molar-refractivity contribution in [2.24, 2.45) is 0 Å². The fraction of sp³-hybridized carbons (Fsp3) is 0.0370. The number of nitrogens with one attached hydrogen (secondary N) is 1. The lowest BCUT2D eigenvalue weighted by atomic mass is 10.1. The van der Waals surface area contributed by atoms with Gasteiger partial charge in [-0.25, -0.2) is 9.37 Å². The van der Waals surface area contributed by atoms with Gasteiger partial charge in [-0.05, 0) is 23.3 Å². The molecule has 4 heteroatoms. The summed E-state index contributed by atoms with van der Waals surface area (Å²) in [5, 5.41) is 0. The molecular weight excluding hydrogens is 385 g/mol. The minimum atomic E-state index is -0.282. The van der Waals surface area contributed by atoms with Crippen LogP contribution < -0.4 is 4.57 Å². The highest BCUT2D eigenvalue weighted by atomic mass is 19.1. The molecule has 0 saturated heterocycles. The van der Waals surface area contributed by atoms with E-state index in [1.54, 1.807) is 12.1 Å². The van der Waals surface area contributed by atoms with Crippen molar-refractivity contribution in [2.45, 2.75) is 6.54 Å². The molecule has 5 rings (SSSR count). The first-order valence-corrected chi connectivity index (χ1v) is 10.2. The Morgan fingerprint density at radius 2 is 1.52 bits per heavy atom. The van der Waals surface area contributed by atoms with Gasteiger partial charge >= 0.3 is 0 Å². The molecule has 0 amide bonds. The average molecular weight is 406 g/mol. The van der Waals surface area contributed by atoms with E-state index >= 15 is 0 Å². The van der Waals surface area contributed by atoms with E-state index in [0.29, 0.717) is 11.4 Å². The van der Waals surface area contributed by atoms with E-state index in [1.807, 2.05) is 42.7 Å². The molecule has 31 heavy (non-hydrogen) atoms. The Hall–Kier alpha value is -4.05. The summed E-state index contributed by atoms with van der Waals surface area (Å²) in [6.45, 7) is 0.743. The first-order valence-electron chi connectivity index (χ1n) is 10.2. The van der Waals surface area contributed by atoms with E-state index < -0.39 is 0 Å². The number of halogens is 1. The first kappa shape index (κ1) is 18.9. The topological polar surface area (TPSA) is 32.6 Å². The molecule has 0 unspecified atom stereocenters. The summed E-state index contributed by atoms with van der Waals surface area (Å²) >= 11 is 0. The van der Waals surface area contributed by atoms with Crippen molar-refractivity contribution in [1.29, 1.82) is 0 Å². The number of H-pyrrole nitrogens is 1. The van der Waals surface area contributed by atoms with Crippen molar-refractivity contribution in [3.63, 3.8) is 0 Å². The van der Waals surface area contributed by atoms with Gasteiger partial charge in [0.05, 0.1) is 5.56 Å². The van der Waals surface area contributed by atoms with Gasteiger partial charge in [0, 0.05) is 11.6 Å². The summed E-state index contributed by atoms with van der Waals surface area (Å²) in [5.41, 5.74) is 5.72. The Labute approximate surface area is 180 Å². The van der Waals surface area contributed by atoms with Crippen LogP contribution >= 0.6 is 0 Å². The lowest BCUT2D eigenvalue weighted by Gasteiger charge is -2.00. The van der Waals surface area contributed by atoms with Crippen molar-refractivity contribution in [3.8, 4) is 11.4 Å². The Bertz CT molecular complexity index is 1350. The number of hydrogen-bond donors (Lipinski definition) is 1. The van der Waals surface area contributed by atoms with Crippen LogP contribution in [-0.2, 0) is 6.54 Å². The summed E-state index contributed by atoms with van der Waals surface area (Å²) in [4.78, 5) is 7.77. The first-order chi connectivity index (χ1) is 15.2. The molecule has 150 valence electrons. The average Bonchev–Trinajstić information content (AvgIpc) is 3.23. The van der Waals surface area contributed by atoms with E-state index in [9.17, 15) is 4.39 Å². The maximum atomic E-state index is 14.1. The van der Waals surface area contributed by atoms with E-state index in [-0.39, 0.29) is 5.82 Å². The largest absolute Gasteiger partial charge is 0.333 e. The molecule has 0 radical (unpaired) electrons. The smallest absolute Gasteiger partial charge is 0.195 e. The third-order valence-electron chi connectivity index (χ3n) is 5.22. The Morgan fingerprint density at radius 3 is 2.29 bits per heavy atom. The van der Waals surface area contributed by atoms with Crippen LogP contribution in [0.2, 0.25) is 0 Å². The van der Waals surface area contributed by atoms with Gasteiger partial charge in [-0.15, -0.1) is 0 Å². The minimum Gasteiger partial charge on any atom is -0.333 e. The van der Waals surface area contributed by atoms with Crippen LogP contribution in [0.3, 0.4) is 0 Å². The SMILES string of the molecule is Fc1ccccc1-c1nc2cc[n+](Cc3ccc(C=Cc4ccccc4)cc3)cc2[nH]1. The second kappa shape index (κ2) is 8.36. The molecule has 0 aliphatic rings. The molecule has 3 nitrogen and oxygen atoms in total. The van der Waals surface area contributed by atoms with Crippen LogP contribution in [0.5, 0.6) is 0 Å². The number of aromatic amines is 1. The molecule has 5 aromatic rings. The van der Waals surface area contributed by atoms with Crippen LogP contribution in [0, 0.1) is 5.82 Å². The minimum absolute atomic E-state index is 0.282.